The molecule has 0 aliphatic rings. The van der Waals surface area contributed by atoms with Crippen LogP contribution in [0.5, 0.6) is 0 Å². The molecule has 0 radical (unpaired) electrons. The van der Waals surface area contributed by atoms with Gasteiger partial charge in [0.2, 0.25) is 5.91 Å². The van der Waals surface area contributed by atoms with E-state index in [0.29, 0.717) is 6.42 Å². The van der Waals surface area contributed by atoms with Gasteiger partial charge in [0.15, 0.2) is 0 Å². The SMILES string of the molecule is Cc1ccc(NC(=O)Cc2c(C)nn(C)c2C)c(Br)c1. The molecule has 0 spiro atoms. The minimum Gasteiger partial charge on any atom is -0.325 e. The van der Waals surface area contributed by atoms with Crippen LogP contribution in [0.3, 0.4) is 0 Å². The number of nitrogens with one attached hydrogen (secondary N) is 1. The fourth-order valence-corrected chi connectivity index (χ4v) is 2.74. The second kappa shape index (κ2) is 5.79. The van der Waals surface area contributed by atoms with E-state index in [9.17, 15) is 4.79 Å². The number of anilines is 1. The van der Waals surface area contributed by atoms with E-state index in [1.165, 1.54) is 0 Å². The number of carbonyl (C=O) groups excluding carboxylic acids is 1. The number of nitrogens with zero attached hydrogens (tertiary/aromatic N) is 2. The highest BCUT2D eigenvalue weighted by molar-refractivity contribution is 9.10. The first-order chi connectivity index (χ1) is 9.38. The number of carbonyl (C=O) groups is 1. The van der Waals surface area contributed by atoms with Gasteiger partial charge in [-0.25, -0.2) is 0 Å². The molecule has 0 bridgehead atoms. The molecular weight excluding hydrogens is 318 g/mol. The van der Waals surface area contributed by atoms with Crippen molar-refractivity contribution in [3.63, 3.8) is 0 Å². The van der Waals surface area contributed by atoms with Crippen LogP contribution in [0.15, 0.2) is 22.7 Å². The predicted octanol–water partition coefficient (Wildman–Crippen LogP) is 3.29. The summed E-state index contributed by atoms with van der Waals surface area (Å²) in [6.45, 7) is 5.92. The Labute approximate surface area is 127 Å². The zero-order valence-corrected chi connectivity index (χ0v) is 13.7. The van der Waals surface area contributed by atoms with Gasteiger partial charge in [-0.2, -0.15) is 5.10 Å². The number of hydrogen-bond donors (Lipinski definition) is 1. The van der Waals surface area contributed by atoms with Crippen molar-refractivity contribution < 1.29 is 4.79 Å². The topological polar surface area (TPSA) is 46.9 Å². The van der Waals surface area contributed by atoms with Gasteiger partial charge >= 0.3 is 0 Å². The Morgan fingerprint density at radius 2 is 2.05 bits per heavy atom. The summed E-state index contributed by atoms with van der Waals surface area (Å²) < 4.78 is 2.70. The molecule has 1 amide bonds. The molecule has 5 heteroatoms. The van der Waals surface area contributed by atoms with Crippen molar-refractivity contribution in [3.8, 4) is 0 Å². The number of benzene rings is 1. The standard InChI is InChI=1S/C15H18BrN3O/c1-9-5-6-14(13(16)7-9)17-15(20)8-12-10(2)18-19(4)11(12)3/h5-7H,8H2,1-4H3,(H,17,20). The Balaban J connectivity index is 2.13. The highest BCUT2D eigenvalue weighted by Gasteiger charge is 2.14. The third kappa shape index (κ3) is 3.10. The van der Waals surface area contributed by atoms with Crippen LogP contribution in [-0.4, -0.2) is 15.7 Å². The molecule has 0 aliphatic carbocycles. The van der Waals surface area contributed by atoms with E-state index in [1.807, 2.05) is 46.0 Å². The summed E-state index contributed by atoms with van der Waals surface area (Å²) in [4.78, 5) is 12.2. The summed E-state index contributed by atoms with van der Waals surface area (Å²) in [5.41, 5.74) is 4.87. The third-order valence-corrected chi connectivity index (χ3v) is 4.05. The molecule has 0 saturated heterocycles. The van der Waals surface area contributed by atoms with Gasteiger partial charge in [0.25, 0.3) is 0 Å². The summed E-state index contributed by atoms with van der Waals surface area (Å²) in [6, 6.07) is 5.86. The van der Waals surface area contributed by atoms with Gasteiger partial charge in [-0.15, -0.1) is 0 Å². The maximum absolute atomic E-state index is 12.2. The Morgan fingerprint density at radius 1 is 1.35 bits per heavy atom. The zero-order chi connectivity index (χ0) is 14.9. The van der Waals surface area contributed by atoms with Crippen LogP contribution < -0.4 is 5.32 Å². The van der Waals surface area contributed by atoms with Crippen molar-refractivity contribution in [2.45, 2.75) is 27.2 Å². The van der Waals surface area contributed by atoms with Gasteiger partial charge in [0.05, 0.1) is 17.8 Å². The molecule has 0 atom stereocenters. The number of aromatic nitrogens is 2. The lowest BCUT2D eigenvalue weighted by molar-refractivity contribution is -0.115. The minimum absolute atomic E-state index is 0.0336. The van der Waals surface area contributed by atoms with Gasteiger partial charge in [0, 0.05) is 22.8 Å². The molecule has 0 aliphatic heterocycles. The van der Waals surface area contributed by atoms with Gasteiger partial charge < -0.3 is 5.32 Å². The minimum atomic E-state index is -0.0336. The molecule has 0 saturated carbocycles. The smallest absolute Gasteiger partial charge is 0.228 e. The van der Waals surface area contributed by atoms with Crippen molar-refractivity contribution in [3.05, 3.63) is 45.2 Å². The summed E-state index contributed by atoms with van der Waals surface area (Å²) in [5, 5.41) is 7.25. The normalized spacial score (nSPS) is 10.7. The van der Waals surface area contributed by atoms with Crippen molar-refractivity contribution in [1.82, 2.24) is 9.78 Å². The van der Waals surface area contributed by atoms with Gasteiger partial charge in [-0.1, -0.05) is 6.07 Å². The van der Waals surface area contributed by atoms with E-state index in [2.05, 4.69) is 26.3 Å². The Kier molecular flexibility index (Phi) is 4.28. The fourth-order valence-electron chi connectivity index (χ4n) is 2.15. The van der Waals surface area contributed by atoms with Crippen LogP contribution in [0.1, 0.15) is 22.5 Å². The Morgan fingerprint density at radius 3 is 2.60 bits per heavy atom. The van der Waals surface area contributed by atoms with E-state index < -0.39 is 0 Å². The lowest BCUT2D eigenvalue weighted by atomic mass is 10.1. The van der Waals surface area contributed by atoms with Crippen molar-refractivity contribution in [1.29, 1.82) is 0 Å². The third-order valence-electron chi connectivity index (χ3n) is 3.39. The number of rotatable bonds is 3. The van der Waals surface area contributed by atoms with Gasteiger partial charge in [0.1, 0.15) is 0 Å². The molecule has 1 N–H and O–H groups in total. The molecule has 2 aromatic rings. The summed E-state index contributed by atoms with van der Waals surface area (Å²) in [6.07, 6.45) is 0.339. The van der Waals surface area contributed by atoms with Gasteiger partial charge in [-0.05, 0) is 54.4 Å². The molecule has 1 aromatic heterocycles. The molecule has 1 heterocycles. The van der Waals surface area contributed by atoms with Crippen LogP contribution >= 0.6 is 15.9 Å². The summed E-state index contributed by atoms with van der Waals surface area (Å²) in [7, 11) is 1.89. The first-order valence-corrected chi connectivity index (χ1v) is 7.23. The molecule has 2 rings (SSSR count). The Hall–Kier alpha value is -1.62. The van der Waals surface area contributed by atoms with Crippen molar-refractivity contribution >= 4 is 27.5 Å². The van der Waals surface area contributed by atoms with Gasteiger partial charge in [-0.3, -0.25) is 9.48 Å². The molecule has 0 unspecified atom stereocenters. The highest BCUT2D eigenvalue weighted by Crippen LogP contribution is 2.23. The average molecular weight is 336 g/mol. The second-order valence-corrected chi connectivity index (χ2v) is 5.84. The van der Waals surface area contributed by atoms with E-state index in [-0.39, 0.29) is 5.91 Å². The zero-order valence-electron chi connectivity index (χ0n) is 12.1. The summed E-state index contributed by atoms with van der Waals surface area (Å²) in [5.74, 6) is -0.0336. The number of amides is 1. The van der Waals surface area contributed by atoms with E-state index in [4.69, 9.17) is 0 Å². The molecular formula is C15H18BrN3O. The van der Waals surface area contributed by atoms with E-state index in [0.717, 1.165) is 32.7 Å². The van der Waals surface area contributed by atoms with E-state index >= 15 is 0 Å². The monoisotopic (exact) mass is 335 g/mol. The van der Waals surface area contributed by atoms with Crippen molar-refractivity contribution in [2.75, 3.05) is 5.32 Å². The summed E-state index contributed by atoms with van der Waals surface area (Å²) >= 11 is 3.46. The number of hydrogen-bond acceptors (Lipinski definition) is 2. The molecule has 1 aromatic carbocycles. The number of halogens is 1. The molecule has 4 nitrogen and oxygen atoms in total. The van der Waals surface area contributed by atoms with Crippen LogP contribution in [-0.2, 0) is 18.3 Å². The Bertz CT molecular complexity index is 661. The molecule has 20 heavy (non-hydrogen) atoms. The van der Waals surface area contributed by atoms with E-state index in [1.54, 1.807) is 4.68 Å². The maximum Gasteiger partial charge on any atom is 0.228 e. The molecule has 0 fully saturated rings. The predicted molar refractivity (Wildman–Crippen MR) is 83.9 cm³/mol. The fraction of sp³-hybridized carbons (Fsp3) is 0.333. The van der Waals surface area contributed by atoms with Crippen LogP contribution in [0.4, 0.5) is 5.69 Å². The quantitative estimate of drug-likeness (QED) is 0.935. The molecule has 106 valence electrons. The average Bonchev–Trinajstić information content (AvgIpc) is 2.60. The second-order valence-electron chi connectivity index (χ2n) is 4.98. The first-order valence-electron chi connectivity index (χ1n) is 6.43. The van der Waals surface area contributed by atoms with Crippen LogP contribution in [0, 0.1) is 20.8 Å². The first kappa shape index (κ1) is 14.8. The largest absolute Gasteiger partial charge is 0.325 e. The lowest BCUT2D eigenvalue weighted by Crippen LogP contribution is -2.15. The number of aryl methyl sites for hydroxylation is 3. The maximum atomic E-state index is 12.2. The van der Waals surface area contributed by atoms with Crippen LogP contribution in [0.2, 0.25) is 0 Å². The van der Waals surface area contributed by atoms with Crippen molar-refractivity contribution in [2.24, 2.45) is 7.05 Å². The highest BCUT2D eigenvalue weighted by atomic mass is 79.9. The van der Waals surface area contributed by atoms with Crippen LogP contribution in [0.25, 0.3) is 0 Å². The lowest BCUT2D eigenvalue weighted by Gasteiger charge is -2.08.